The Morgan fingerprint density at radius 3 is 2.45 bits per heavy atom. The Morgan fingerprint density at radius 1 is 1.06 bits per heavy atom. The molecule has 1 atom stereocenters. The second-order valence-electron chi connectivity index (χ2n) is 7.56. The molecule has 2 aliphatic rings. The van der Waals surface area contributed by atoms with E-state index >= 15 is 0 Å². The third-order valence-electron chi connectivity index (χ3n) is 5.50. The fourth-order valence-corrected chi connectivity index (χ4v) is 5.33. The number of anilines is 1. The van der Waals surface area contributed by atoms with Crippen LogP contribution in [0.15, 0.2) is 53.4 Å². The lowest BCUT2D eigenvalue weighted by Gasteiger charge is -2.26. The zero-order valence-corrected chi connectivity index (χ0v) is 18.0. The molecule has 1 amide bonds. The quantitative estimate of drug-likeness (QED) is 0.654. The van der Waals surface area contributed by atoms with Gasteiger partial charge in [-0.2, -0.15) is 4.31 Å². The molecule has 2 aliphatic heterocycles. The summed E-state index contributed by atoms with van der Waals surface area (Å²) in [6, 6.07) is 13.2. The zero-order valence-electron chi connectivity index (χ0n) is 17.2. The predicted molar refractivity (Wildman–Crippen MR) is 113 cm³/mol. The Morgan fingerprint density at radius 2 is 1.74 bits per heavy atom. The maximum Gasteiger partial charge on any atom is 0.338 e. The minimum absolute atomic E-state index is 0.00622. The summed E-state index contributed by atoms with van der Waals surface area (Å²) >= 11 is 0. The molecule has 8 nitrogen and oxygen atoms in total. The lowest BCUT2D eigenvalue weighted by molar-refractivity contribution is -0.122. The van der Waals surface area contributed by atoms with Crippen LogP contribution in [0.25, 0.3) is 0 Å². The van der Waals surface area contributed by atoms with Gasteiger partial charge in [0.25, 0.3) is 5.91 Å². The predicted octanol–water partition coefficient (Wildman–Crippen LogP) is 1.84. The topological polar surface area (TPSA) is 93.2 Å². The van der Waals surface area contributed by atoms with Gasteiger partial charge in [0.2, 0.25) is 10.0 Å². The number of nitrogens with zero attached hydrogens (tertiary/aromatic N) is 2. The van der Waals surface area contributed by atoms with Gasteiger partial charge >= 0.3 is 5.97 Å². The summed E-state index contributed by atoms with van der Waals surface area (Å²) in [5.41, 5.74) is 2.11. The van der Waals surface area contributed by atoms with Crippen LogP contribution in [0, 0.1) is 0 Å². The molecule has 1 fully saturated rings. The Labute approximate surface area is 181 Å². The van der Waals surface area contributed by atoms with E-state index in [1.807, 2.05) is 31.2 Å². The van der Waals surface area contributed by atoms with E-state index in [0.29, 0.717) is 26.3 Å². The van der Waals surface area contributed by atoms with Crippen LogP contribution in [-0.4, -0.2) is 63.6 Å². The summed E-state index contributed by atoms with van der Waals surface area (Å²) in [7, 11) is -3.64. The lowest BCUT2D eigenvalue weighted by Crippen LogP contribution is -2.40. The summed E-state index contributed by atoms with van der Waals surface area (Å²) in [6.45, 7) is 2.88. The summed E-state index contributed by atoms with van der Waals surface area (Å²) in [5, 5.41) is 0. The molecular weight excluding hydrogens is 420 g/mol. The molecular formula is C22H24N2O6S. The van der Waals surface area contributed by atoms with Crippen LogP contribution in [0.2, 0.25) is 0 Å². The molecule has 0 unspecified atom stereocenters. The van der Waals surface area contributed by atoms with Gasteiger partial charge in [0.05, 0.1) is 23.7 Å². The van der Waals surface area contributed by atoms with Gasteiger partial charge in [-0.1, -0.05) is 18.2 Å². The normalized spacial score (nSPS) is 19.1. The molecule has 0 N–H and O–H groups in total. The first-order chi connectivity index (χ1) is 14.9. The van der Waals surface area contributed by atoms with Gasteiger partial charge in [0, 0.05) is 24.8 Å². The fourth-order valence-electron chi connectivity index (χ4n) is 3.92. The molecule has 0 saturated carbocycles. The highest BCUT2D eigenvalue weighted by atomic mass is 32.2. The molecule has 9 heteroatoms. The van der Waals surface area contributed by atoms with Gasteiger partial charge in [-0.15, -0.1) is 0 Å². The molecule has 4 rings (SSSR count). The molecule has 0 spiro atoms. The molecule has 2 aromatic rings. The van der Waals surface area contributed by atoms with Crippen molar-refractivity contribution in [3.63, 3.8) is 0 Å². The van der Waals surface area contributed by atoms with Crippen molar-refractivity contribution in [3.05, 3.63) is 59.7 Å². The molecule has 0 aliphatic carbocycles. The van der Waals surface area contributed by atoms with E-state index < -0.39 is 16.0 Å². The molecule has 0 aromatic heterocycles. The van der Waals surface area contributed by atoms with Crippen LogP contribution >= 0.6 is 0 Å². The maximum atomic E-state index is 12.7. The standard InChI is InChI=1S/C22H24N2O6S/c1-16-14-18-4-2-3-5-20(18)24(16)21(25)15-30-22(26)17-6-8-19(9-7-17)31(27,28)23-10-12-29-13-11-23/h2-9,16H,10-15H2,1H3/t16-/m0/s1. The average Bonchev–Trinajstić information content (AvgIpc) is 3.13. The van der Waals surface area contributed by atoms with Crippen molar-refractivity contribution in [2.24, 2.45) is 0 Å². The number of amides is 1. The highest BCUT2D eigenvalue weighted by molar-refractivity contribution is 7.89. The highest BCUT2D eigenvalue weighted by Gasteiger charge is 2.31. The molecule has 31 heavy (non-hydrogen) atoms. The van der Waals surface area contributed by atoms with Gasteiger partial charge < -0.3 is 14.4 Å². The Balaban J connectivity index is 1.39. The minimum atomic E-state index is -3.64. The molecule has 164 valence electrons. The van der Waals surface area contributed by atoms with Crippen LogP contribution in [0.3, 0.4) is 0 Å². The number of morpholine rings is 1. The van der Waals surface area contributed by atoms with Crippen molar-refractivity contribution < 1.29 is 27.5 Å². The van der Waals surface area contributed by atoms with Crippen LogP contribution in [-0.2, 0) is 30.7 Å². The number of hydrogen-bond donors (Lipinski definition) is 0. The molecule has 2 heterocycles. The fraction of sp³-hybridized carbons (Fsp3) is 0.364. The second kappa shape index (κ2) is 8.78. The number of sulfonamides is 1. The van der Waals surface area contributed by atoms with E-state index in [9.17, 15) is 18.0 Å². The number of fused-ring (bicyclic) bond motifs is 1. The maximum absolute atomic E-state index is 12.7. The molecule has 0 bridgehead atoms. The number of hydrogen-bond acceptors (Lipinski definition) is 6. The van der Waals surface area contributed by atoms with Crippen LogP contribution < -0.4 is 4.90 Å². The number of benzene rings is 2. The van der Waals surface area contributed by atoms with E-state index in [1.165, 1.54) is 28.6 Å². The van der Waals surface area contributed by atoms with Crippen molar-refractivity contribution in [1.29, 1.82) is 0 Å². The Kier molecular flexibility index (Phi) is 6.08. The summed E-state index contributed by atoms with van der Waals surface area (Å²) in [6.07, 6.45) is 0.759. The molecule has 0 radical (unpaired) electrons. The summed E-state index contributed by atoms with van der Waals surface area (Å²) in [5.74, 6) is -0.971. The van der Waals surface area contributed by atoms with Gasteiger partial charge in [0.15, 0.2) is 6.61 Å². The number of para-hydroxylation sites is 1. The van der Waals surface area contributed by atoms with Crippen LogP contribution in [0.5, 0.6) is 0 Å². The monoisotopic (exact) mass is 444 g/mol. The third kappa shape index (κ3) is 4.34. The molecule has 1 saturated heterocycles. The van der Waals surface area contributed by atoms with Crippen LogP contribution in [0.4, 0.5) is 5.69 Å². The first-order valence-electron chi connectivity index (χ1n) is 10.1. The van der Waals surface area contributed by atoms with Gasteiger partial charge in [-0.3, -0.25) is 4.79 Å². The van der Waals surface area contributed by atoms with E-state index in [4.69, 9.17) is 9.47 Å². The van der Waals surface area contributed by atoms with E-state index in [2.05, 4.69) is 0 Å². The Bertz CT molecular complexity index is 1080. The van der Waals surface area contributed by atoms with Gasteiger partial charge in [-0.05, 0) is 49.2 Å². The van der Waals surface area contributed by atoms with Crippen molar-refractivity contribution in [3.8, 4) is 0 Å². The van der Waals surface area contributed by atoms with Gasteiger partial charge in [-0.25, -0.2) is 13.2 Å². The third-order valence-corrected chi connectivity index (χ3v) is 7.41. The number of esters is 1. The summed E-state index contributed by atoms with van der Waals surface area (Å²) in [4.78, 5) is 26.8. The number of ether oxygens (including phenoxy) is 2. The SMILES string of the molecule is C[C@H]1Cc2ccccc2N1C(=O)COC(=O)c1ccc(S(=O)(=O)N2CCOCC2)cc1. The van der Waals surface area contributed by atoms with Crippen molar-refractivity contribution in [2.75, 3.05) is 37.8 Å². The van der Waals surface area contributed by atoms with Crippen LogP contribution in [0.1, 0.15) is 22.8 Å². The zero-order chi connectivity index (χ0) is 22.0. The van der Waals surface area contributed by atoms with Crippen molar-refractivity contribution in [2.45, 2.75) is 24.3 Å². The van der Waals surface area contributed by atoms with Gasteiger partial charge in [0.1, 0.15) is 0 Å². The lowest BCUT2D eigenvalue weighted by atomic mass is 10.1. The average molecular weight is 445 g/mol. The molecule has 2 aromatic carbocycles. The minimum Gasteiger partial charge on any atom is -0.452 e. The van der Waals surface area contributed by atoms with E-state index in [0.717, 1.165) is 17.7 Å². The van der Waals surface area contributed by atoms with Crippen molar-refractivity contribution in [1.82, 2.24) is 4.31 Å². The van der Waals surface area contributed by atoms with Crippen molar-refractivity contribution >= 4 is 27.6 Å². The van der Waals surface area contributed by atoms with E-state index in [1.54, 1.807) is 4.90 Å². The van der Waals surface area contributed by atoms with E-state index in [-0.39, 0.29) is 29.0 Å². The second-order valence-corrected chi connectivity index (χ2v) is 9.50. The first-order valence-corrected chi connectivity index (χ1v) is 11.6. The highest BCUT2D eigenvalue weighted by Crippen LogP contribution is 2.31. The smallest absolute Gasteiger partial charge is 0.338 e. The number of carbonyl (C=O) groups is 2. The largest absolute Gasteiger partial charge is 0.452 e. The summed E-state index contributed by atoms with van der Waals surface area (Å²) < 4.78 is 37.1. The Hall–Kier alpha value is -2.75. The number of rotatable bonds is 5. The first kappa shape index (κ1) is 21.5. The number of carbonyl (C=O) groups excluding carboxylic acids is 2.